The van der Waals surface area contributed by atoms with E-state index in [-0.39, 0.29) is 10.8 Å². The number of amides is 1. The smallest absolute Gasteiger partial charge is 0.243 e. The number of nitrogens with zero attached hydrogens (tertiary/aromatic N) is 3. The number of hydrogen-bond donors (Lipinski definition) is 1. The van der Waals surface area contributed by atoms with Crippen molar-refractivity contribution in [3.63, 3.8) is 0 Å². The van der Waals surface area contributed by atoms with Crippen LogP contribution in [0.15, 0.2) is 71.8 Å². The molecule has 0 saturated heterocycles. The van der Waals surface area contributed by atoms with Crippen LogP contribution in [0.5, 0.6) is 0 Å². The van der Waals surface area contributed by atoms with Gasteiger partial charge in [0.25, 0.3) is 0 Å². The van der Waals surface area contributed by atoms with Crippen molar-refractivity contribution >= 4 is 21.7 Å². The van der Waals surface area contributed by atoms with E-state index in [2.05, 4.69) is 10.4 Å². The van der Waals surface area contributed by atoms with Crippen LogP contribution in [0, 0.1) is 0 Å². The van der Waals surface area contributed by atoms with Gasteiger partial charge in [0.1, 0.15) is 5.82 Å². The molecule has 1 heterocycles. The summed E-state index contributed by atoms with van der Waals surface area (Å²) in [6.07, 6.45) is 2.47. The number of aryl methyl sites for hydroxylation is 1. The second-order valence-electron chi connectivity index (χ2n) is 7.14. The van der Waals surface area contributed by atoms with Gasteiger partial charge in [-0.25, -0.2) is 13.1 Å². The number of aromatic nitrogens is 2. The Kier molecular flexibility index (Phi) is 7.59. The highest BCUT2D eigenvalue weighted by atomic mass is 32.2. The van der Waals surface area contributed by atoms with Gasteiger partial charge in [0.05, 0.1) is 17.6 Å². The lowest BCUT2D eigenvalue weighted by atomic mass is 10.1. The molecule has 0 atom stereocenters. The highest BCUT2D eigenvalue weighted by molar-refractivity contribution is 7.89. The molecule has 1 aromatic heterocycles. The van der Waals surface area contributed by atoms with Crippen LogP contribution >= 0.6 is 0 Å². The molecule has 0 aliphatic rings. The van der Waals surface area contributed by atoms with Crippen molar-refractivity contribution in [2.75, 3.05) is 18.4 Å². The molecule has 0 aliphatic carbocycles. The zero-order valence-electron chi connectivity index (χ0n) is 17.9. The van der Waals surface area contributed by atoms with Crippen LogP contribution in [-0.4, -0.2) is 41.5 Å². The Morgan fingerprint density at radius 3 is 2.29 bits per heavy atom. The molecule has 0 aliphatic heterocycles. The van der Waals surface area contributed by atoms with Crippen molar-refractivity contribution < 1.29 is 13.2 Å². The number of anilines is 1. The Balaban J connectivity index is 1.57. The molecule has 7 nitrogen and oxygen atoms in total. The summed E-state index contributed by atoms with van der Waals surface area (Å²) < 4.78 is 28.3. The van der Waals surface area contributed by atoms with Gasteiger partial charge in [-0.2, -0.15) is 9.40 Å². The summed E-state index contributed by atoms with van der Waals surface area (Å²) in [5.74, 6) is 0.532. The van der Waals surface area contributed by atoms with Gasteiger partial charge in [-0.05, 0) is 29.7 Å². The molecule has 0 saturated carbocycles. The van der Waals surface area contributed by atoms with Crippen LogP contribution in [0.3, 0.4) is 0 Å². The van der Waals surface area contributed by atoms with E-state index < -0.39 is 10.0 Å². The van der Waals surface area contributed by atoms with Crippen molar-refractivity contribution in [1.29, 1.82) is 0 Å². The second-order valence-corrected chi connectivity index (χ2v) is 9.08. The summed E-state index contributed by atoms with van der Waals surface area (Å²) in [5, 5.41) is 7.19. The summed E-state index contributed by atoms with van der Waals surface area (Å²) in [6, 6.07) is 18.4. The third-order valence-electron chi connectivity index (χ3n) is 5.07. The van der Waals surface area contributed by atoms with Crippen LogP contribution in [0.25, 0.3) is 0 Å². The van der Waals surface area contributed by atoms with Gasteiger partial charge in [-0.1, -0.05) is 56.3 Å². The van der Waals surface area contributed by atoms with E-state index in [0.717, 1.165) is 11.1 Å². The zero-order valence-corrected chi connectivity index (χ0v) is 18.7. The highest BCUT2D eigenvalue weighted by Gasteiger charge is 2.21. The van der Waals surface area contributed by atoms with E-state index in [1.54, 1.807) is 41.2 Å². The van der Waals surface area contributed by atoms with E-state index in [1.807, 2.05) is 44.2 Å². The van der Waals surface area contributed by atoms with Crippen molar-refractivity contribution in [1.82, 2.24) is 14.1 Å². The predicted molar refractivity (Wildman–Crippen MR) is 121 cm³/mol. The molecule has 3 aromatic rings. The Morgan fingerprint density at radius 1 is 0.968 bits per heavy atom. The fraction of sp³-hybridized carbons (Fsp3) is 0.304. The molecule has 0 fully saturated rings. The maximum absolute atomic E-state index is 12.6. The van der Waals surface area contributed by atoms with Gasteiger partial charge in [0, 0.05) is 25.6 Å². The van der Waals surface area contributed by atoms with Crippen LogP contribution in [0.4, 0.5) is 5.82 Å². The van der Waals surface area contributed by atoms with Gasteiger partial charge < -0.3 is 5.32 Å². The Morgan fingerprint density at radius 2 is 1.65 bits per heavy atom. The van der Waals surface area contributed by atoms with Crippen molar-refractivity contribution in [3.8, 4) is 0 Å². The first-order chi connectivity index (χ1) is 14.9. The summed E-state index contributed by atoms with van der Waals surface area (Å²) >= 11 is 0. The van der Waals surface area contributed by atoms with Gasteiger partial charge in [0.2, 0.25) is 15.9 Å². The molecule has 2 aromatic carbocycles. The number of nitrogens with one attached hydrogen (secondary N) is 1. The Bertz CT molecular complexity index is 1090. The lowest BCUT2D eigenvalue weighted by molar-refractivity contribution is -0.116. The maximum atomic E-state index is 12.6. The normalized spacial score (nSPS) is 11.6. The Hall–Kier alpha value is -2.97. The number of benzene rings is 2. The van der Waals surface area contributed by atoms with E-state index in [0.29, 0.717) is 38.3 Å². The summed E-state index contributed by atoms with van der Waals surface area (Å²) in [6.45, 7) is 5.08. The van der Waals surface area contributed by atoms with Crippen LogP contribution in [-0.2, 0) is 27.8 Å². The van der Waals surface area contributed by atoms with E-state index in [9.17, 15) is 13.2 Å². The molecular weight excluding hydrogens is 412 g/mol. The van der Waals surface area contributed by atoms with E-state index in [4.69, 9.17) is 0 Å². The van der Waals surface area contributed by atoms with E-state index in [1.165, 1.54) is 4.31 Å². The standard InChI is InChI=1S/C23H28N4O3S/c1-3-26(4-2)31(29,30)21-13-10-19(11-14-21)12-15-23(28)25-22-16-17-24-27(22)18-20-8-6-5-7-9-20/h5-11,13-14,16-17H,3-4,12,15,18H2,1-2H3,(H,25,28). The first-order valence-corrected chi connectivity index (χ1v) is 11.8. The largest absolute Gasteiger partial charge is 0.311 e. The lowest BCUT2D eigenvalue weighted by Crippen LogP contribution is -2.30. The summed E-state index contributed by atoms with van der Waals surface area (Å²) in [5.41, 5.74) is 2.01. The Labute approximate surface area is 183 Å². The molecule has 0 unspecified atom stereocenters. The fourth-order valence-electron chi connectivity index (χ4n) is 3.33. The average molecular weight is 441 g/mol. The maximum Gasteiger partial charge on any atom is 0.243 e. The molecule has 3 rings (SSSR count). The molecule has 1 amide bonds. The van der Waals surface area contributed by atoms with Gasteiger partial charge >= 0.3 is 0 Å². The minimum Gasteiger partial charge on any atom is -0.311 e. The van der Waals surface area contributed by atoms with Crippen LogP contribution in [0.1, 0.15) is 31.4 Å². The van der Waals surface area contributed by atoms with Crippen molar-refractivity contribution in [2.24, 2.45) is 0 Å². The second kappa shape index (κ2) is 10.4. The average Bonchev–Trinajstić information content (AvgIpc) is 3.20. The molecule has 1 N–H and O–H groups in total. The first-order valence-electron chi connectivity index (χ1n) is 10.4. The lowest BCUT2D eigenvalue weighted by Gasteiger charge is -2.18. The fourth-order valence-corrected chi connectivity index (χ4v) is 4.78. The number of sulfonamides is 1. The third-order valence-corrected chi connectivity index (χ3v) is 7.13. The minimum absolute atomic E-state index is 0.116. The van der Waals surface area contributed by atoms with Crippen molar-refractivity contribution in [2.45, 2.75) is 38.1 Å². The molecule has 0 bridgehead atoms. The summed E-state index contributed by atoms with van der Waals surface area (Å²) in [4.78, 5) is 12.7. The predicted octanol–water partition coefficient (Wildman–Crippen LogP) is 3.53. The molecule has 8 heteroatoms. The third kappa shape index (κ3) is 5.80. The molecule has 0 spiro atoms. The number of carbonyl (C=O) groups excluding carboxylic acids is 1. The number of rotatable bonds is 10. The quantitative estimate of drug-likeness (QED) is 0.523. The SMILES string of the molecule is CCN(CC)S(=O)(=O)c1ccc(CCC(=O)Nc2ccnn2Cc2ccccc2)cc1. The number of carbonyl (C=O) groups is 1. The highest BCUT2D eigenvalue weighted by Crippen LogP contribution is 2.17. The zero-order chi connectivity index (χ0) is 22.3. The topological polar surface area (TPSA) is 84.3 Å². The van der Waals surface area contributed by atoms with Crippen molar-refractivity contribution in [3.05, 3.63) is 78.0 Å². The monoisotopic (exact) mass is 440 g/mol. The summed E-state index contributed by atoms with van der Waals surface area (Å²) in [7, 11) is -3.47. The molecule has 0 radical (unpaired) electrons. The molecule has 31 heavy (non-hydrogen) atoms. The molecular formula is C23H28N4O3S. The molecule has 164 valence electrons. The van der Waals surface area contributed by atoms with Crippen LogP contribution in [0.2, 0.25) is 0 Å². The number of hydrogen-bond acceptors (Lipinski definition) is 4. The van der Waals surface area contributed by atoms with Gasteiger partial charge in [0.15, 0.2) is 0 Å². The first kappa shape index (κ1) is 22.7. The minimum atomic E-state index is -3.47. The van der Waals surface area contributed by atoms with Gasteiger partial charge in [-0.15, -0.1) is 0 Å². The van der Waals surface area contributed by atoms with E-state index >= 15 is 0 Å². The van der Waals surface area contributed by atoms with Crippen LogP contribution < -0.4 is 5.32 Å². The van der Waals surface area contributed by atoms with Gasteiger partial charge in [-0.3, -0.25) is 4.79 Å².